The van der Waals surface area contributed by atoms with Gasteiger partial charge in [-0.3, -0.25) is 4.90 Å². The van der Waals surface area contributed by atoms with Crippen LogP contribution in [0, 0.1) is 5.92 Å². The van der Waals surface area contributed by atoms with Crippen LogP contribution in [-0.4, -0.2) is 37.7 Å². The lowest BCUT2D eigenvalue weighted by molar-refractivity contribution is 0.200. The number of likely N-dealkylation sites (tertiary alicyclic amines) is 1. The second-order valence-electron chi connectivity index (χ2n) is 7.40. The van der Waals surface area contributed by atoms with E-state index in [4.69, 9.17) is 9.47 Å². The molecule has 0 unspecified atom stereocenters. The van der Waals surface area contributed by atoms with Gasteiger partial charge in [-0.1, -0.05) is 36.4 Å². The fourth-order valence-corrected chi connectivity index (χ4v) is 4.64. The summed E-state index contributed by atoms with van der Waals surface area (Å²) in [5.74, 6) is 2.48. The molecular weight excluding hydrogens is 324 g/mol. The highest BCUT2D eigenvalue weighted by molar-refractivity contribution is 5.40. The number of piperidine rings is 1. The lowest BCUT2D eigenvalue weighted by Crippen LogP contribution is -2.40. The van der Waals surface area contributed by atoms with Gasteiger partial charge in [0, 0.05) is 43.3 Å². The zero-order valence-corrected chi connectivity index (χ0v) is 15.7. The Morgan fingerprint density at radius 1 is 1.04 bits per heavy atom. The fourth-order valence-electron chi connectivity index (χ4n) is 4.64. The van der Waals surface area contributed by atoms with Gasteiger partial charge in [-0.2, -0.15) is 0 Å². The van der Waals surface area contributed by atoms with Gasteiger partial charge in [0.15, 0.2) is 0 Å². The Morgan fingerprint density at radius 2 is 1.88 bits per heavy atom. The van der Waals surface area contributed by atoms with Crippen molar-refractivity contribution >= 4 is 0 Å². The molecular formula is C22H28N2O2. The number of hydrogen-bond acceptors (Lipinski definition) is 4. The summed E-state index contributed by atoms with van der Waals surface area (Å²) in [7, 11) is 3.41. The molecule has 1 aliphatic carbocycles. The number of benzene rings is 2. The third kappa shape index (κ3) is 3.44. The zero-order valence-electron chi connectivity index (χ0n) is 15.7. The monoisotopic (exact) mass is 352 g/mol. The highest BCUT2D eigenvalue weighted by Crippen LogP contribution is 2.39. The second-order valence-corrected chi connectivity index (χ2v) is 7.40. The van der Waals surface area contributed by atoms with Crippen LogP contribution in [0.2, 0.25) is 0 Å². The summed E-state index contributed by atoms with van der Waals surface area (Å²) >= 11 is 0. The van der Waals surface area contributed by atoms with Crippen LogP contribution in [-0.2, 0) is 13.1 Å². The van der Waals surface area contributed by atoms with Gasteiger partial charge in [-0.15, -0.1) is 0 Å². The van der Waals surface area contributed by atoms with E-state index in [1.807, 2.05) is 12.1 Å². The van der Waals surface area contributed by atoms with Crippen molar-refractivity contribution in [3.63, 3.8) is 0 Å². The highest BCUT2D eigenvalue weighted by Gasteiger charge is 2.46. The number of methoxy groups -OCH3 is 2. The second kappa shape index (κ2) is 7.68. The van der Waals surface area contributed by atoms with Crippen LogP contribution in [0.1, 0.15) is 24.0 Å². The highest BCUT2D eigenvalue weighted by atomic mass is 16.5. The topological polar surface area (TPSA) is 33.7 Å². The molecule has 26 heavy (non-hydrogen) atoms. The van der Waals surface area contributed by atoms with Crippen molar-refractivity contribution in [1.29, 1.82) is 0 Å². The number of hydrogen-bond donors (Lipinski definition) is 1. The lowest BCUT2D eigenvalue weighted by Gasteiger charge is -2.27. The molecule has 2 aromatic rings. The van der Waals surface area contributed by atoms with Crippen LogP contribution in [0.4, 0.5) is 0 Å². The molecule has 1 N–H and O–H groups in total. The van der Waals surface area contributed by atoms with E-state index >= 15 is 0 Å². The molecule has 1 heterocycles. The van der Waals surface area contributed by atoms with E-state index in [0.717, 1.165) is 30.5 Å². The van der Waals surface area contributed by atoms with E-state index in [0.29, 0.717) is 12.1 Å². The summed E-state index contributed by atoms with van der Waals surface area (Å²) in [6, 6.07) is 18.1. The molecule has 4 heteroatoms. The molecule has 1 saturated carbocycles. The standard InChI is InChI=1S/C22H28N2O2/c1-25-19-10-8-17(21(12-19)26-2)13-23-22-18-9-11-20(22)24(15-18)14-16-6-4-3-5-7-16/h3-8,10,12,18,20,22-23H,9,11,13-15H2,1-2H3/t18-,20-,22+/m0/s1. The Bertz CT molecular complexity index is 734. The zero-order chi connectivity index (χ0) is 17.9. The first kappa shape index (κ1) is 17.4. The Balaban J connectivity index is 1.40. The van der Waals surface area contributed by atoms with Gasteiger partial charge in [-0.05, 0) is 30.4 Å². The first-order chi connectivity index (χ1) is 12.8. The smallest absolute Gasteiger partial charge is 0.127 e. The predicted molar refractivity (Wildman–Crippen MR) is 104 cm³/mol. The minimum atomic E-state index is 0.575. The molecule has 2 bridgehead atoms. The average Bonchev–Trinajstić information content (AvgIpc) is 3.23. The van der Waals surface area contributed by atoms with Gasteiger partial charge in [0.1, 0.15) is 11.5 Å². The van der Waals surface area contributed by atoms with Gasteiger partial charge in [0.05, 0.1) is 14.2 Å². The average molecular weight is 352 g/mol. The molecule has 0 spiro atoms. The van der Waals surface area contributed by atoms with Crippen molar-refractivity contribution in [3.8, 4) is 11.5 Å². The summed E-state index contributed by atoms with van der Waals surface area (Å²) in [4.78, 5) is 2.66. The van der Waals surface area contributed by atoms with Crippen molar-refractivity contribution in [3.05, 3.63) is 59.7 Å². The SMILES string of the molecule is COc1ccc(CN[C@@H]2[C@H]3CC[C@@H]2N(Cc2ccccc2)C3)c(OC)c1. The maximum Gasteiger partial charge on any atom is 0.127 e. The molecule has 1 saturated heterocycles. The molecule has 2 fully saturated rings. The summed E-state index contributed by atoms with van der Waals surface area (Å²) in [6.45, 7) is 3.10. The number of fused-ring (bicyclic) bond motifs is 2. The van der Waals surface area contributed by atoms with Gasteiger partial charge in [0.2, 0.25) is 0 Å². The Morgan fingerprint density at radius 3 is 2.65 bits per heavy atom. The molecule has 4 rings (SSSR count). The third-order valence-electron chi connectivity index (χ3n) is 5.94. The summed E-state index contributed by atoms with van der Waals surface area (Å²) < 4.78 is 10.8. The Hall–Kier alpha value is -2.04. The molecule has 2 aromatic carbocycles. The maximum absolute atomic E-state index is 5.54. The minimum absolute atomic E-state index is 0.575. The number of nitrogens with one attached hydrogen (secondary N) is 1. The van der Waals surface area contributed by atoms with Crippen LogP contribution in [0.5, 0.6) is 11.5 Å². The van der Waals surface area contributed by atoms with Gasteiger partial charge >= 0.3 is 0 Å². The molecule has 1 aliphatic heterocycles. The molecule has 0 amide bonds. The number of rotatable bonds is 7. The molecule has 4 nitrogen and oxygen atoms in total. The van der Waals surface area contributed by atoms with E-state index in [9.17, 15) is 0 Å². The van der Waals surface area contributed by atoms with Crippen LogP contribution in [0.3, 0.4) is 0 Å². The first-order valence-electron chi connectivity index (χ1n) is 9.50. The molecule has 3 atom stereocenters. The minimum Gasteiger partial charge on any atom is -0.497 e. The van der Waals surface area contributed by atoms with Gasteiger partial charge in [0.25, 0.3) is 0 Å². The maximum atomic E-state index is 5.54. The van der Waals surface area contributed by atoms with E-state index in [1.54, 1.807) is 14.2 Å². The van der Waals surface area contributed by atoms with Crippen molar-refractivity contribution in [2.24, 2.45) is 5.92 Å². The quantitative estimate of drug-likeness (QED) is 0.827. The number of nitrogens with zero attached hydrogens (tertiary/aromatic N) is 1. The fraction of sp³-hybridized carbons (Fsp3) is 0.455. The Kier molecular flexibility index (Phi) is 5.14. The third-order valence-corrected chi connectivity index (χ3v) is 5.94. The normalized spacial score (nSPS) is 24.8. The summed E-state index contributed by atoms with van der Waals surface area (Å²) in [6.07, 6.45) is 2.64. The Labute approximate surface area is 156 Å². The van der Waals surface area contributed by atoms with Gasteiger partial charge < -0.3 is 14.8 Å². The lowest BCUT2D eigenvalue weighted by atomic mass is 10.1. The van der Waals surface area contributed by atoms with Crippen molar-refractivity contribution in [2.45, 2.75) is 38.0 Å². The van der Waals surface area contributed by atoms with Crippen LogP contribution in [0.15, 0.2) is 48.5 Å². The predicted octanol–water partition coefficient (Wildman–Crippen LogP) is 3.46. The van der Waals surface area contributed by atoms with E-state index in [1.165, 1.54) is 30.5 Å². The summed E-state index contributed by atoms with van der Waals surface area (Å²) in [5, 5.41) is 3.83. The molecule has 2 aliphatic rings. The van der Waals surface area contributed by atoms with Crippen molar-refractivity contribution in [1.82, 2.24) is 10.2 Å². The van der Waals surface area contributed by atoms with Crippen LogP contribution in [0.25, 0.3) is 0 Å². The molecule has 138 valence electrons. The van der Waals surface area contributed by atoms with Crippen LogP contribution >= 0.6 is 0 Å². The summed E-state index contributed by atoms with van der Waals surface area (Å²) in [5.41, 5.74) is 2.60. The molecule has 0 radical (unpaired) electrons. The first-order valence-corrected chi connectivity index (χ1v) is 9.50. The van der Waals surface area contributed by atoms with Crippen molar-refractivity contribution in [2.75, 3.05) is 20.8 Å². The molecule has 0 aromatic heterocycles. The van der Waals surface area contributed by atoms with Crippen molar-refractivity contribution < 1.29 is 9.47 Å². The van der Waals surface area contributed by atoms with E-state index < -0.39 is 0 Å². The van der Waals surface area contributed by atoms with E-state index in [-0.39, 0.29) is 0 Å². The largest absolute Gasteiger partial charge is 0.497 e. The number of ether oxygens (including phenoxy) is 2. The van der Waals surface area contributed by atoms with E-state index in [2.05, 4.69) is 46.6 Å². The van der Waals surface area contributed by atoms with Crippen LogP contribution < -0.4 is 14.8 Å². The van der Waals surface area contributed by atoms with Gasteiger partial charge in [-0.25, -0.2) is 0 Å².